The average molecular weight is 346 g/mol. The van der Waals surface area contributed by atoms with Crippen molar-refractivity contribution in [2.45, 2.75) is 50.3 Å². The van der Waals surface area contributed by atoms with Gasteiger partial charge in [-0.15, -0.1) is 0 Å². The lowest BCUT2D eigenvalue weighted by atomic mass is 9.82. The standard InChI is InChI=1S/C15H17F7O/c1-4-10-6-5-7-11(8-10)12(2,23-3)9-13(16,14(17,18)19)15(20,21)22/h5-8H,4,9H2,1-3H3. The lowest BCUT2D eigenvalue weighted by molar-refractivity contribution is -0.353. The second kappa shape index (κ2) is 6.30. The predicted octanol–water partition coefficient (Wildman–Crippen LogP) is 5.33. The van der Waals surface area contributed by atoms with Crippen molar-refractivity contribution in [3.05, 3.63) is 35.4 Å². The Morgan fingerprint density at radius 3 is 1.87 bits per heavy atom. The lowest BCUT2D eigenvalue weighted by Crippen LogP contribution is -2.56. The number of halogens is 7. The molecule has 0 N–H and O–H groups in total. The van der Waals surface area contributed by atoms with Crippen molar-refractivity contribution in [2.24, 2.45) is 0 Å². The summed E-state index contributed by atoms with van der Waals surface area (Å²) < 4.78 is 95.6. The van der Waals surface area contributed by atoms with Crippen molar-refractivity contribution in [3.8, 4) is 0 Å². The summed E-state index contributed by atoms with van der Waals surface area (Å²) in [5, 5.41) is 0. The Balaban J connectivity index is 3.37. The van der Waals surface area contributed by atoms with Crippen molar-refractivity contribution in [3.63, 3.8) is 0 Å². The van der Waals surface area contributed by atoms with Gasteiger partial charge in [-0.05, 0) is 24.5 Å². The largest absolute Gasteiger partial charge is 0.431 e. The third-order valence-corrected chi connectivity index (χ3v) is 3.88. The molecule has 0 heterocycles. The normalized spacial score (nSPS) is 16.3. The number of hydrogen-bond acceptors (Lipinski definition) is 1. The summed E-state index contributed by atoms with van der Waals surface area (Å²) >= 11 is 0. The van der Waals surface area contributed by atoms with E-state index in [9.17, 15) is 30.7 Å². The molecule has 1 aromatic rings. The van der Waals surface area contributed by atoms with E-state index in [1.807, 2.05) is 0 Å². The van der Waals surface area contributed by atoms with Crippen LogP contribution in [0.5, 0.6) is 0 Å². The van der Waals surface area contributed by atoms with Gasteiger partial charge in [-0.1, -0.05) is 31.2 Å². The molecule has 0 saturated carbocycles. The Morgan fingerprint density at radius 2 is 1.48 bits per heavy atom. The van der Waals surface area contributed by atoms with Gasteiger partial charge in [0.15, 0.2) is 0 Å². The molecule has 0 spiro atoms. The zero-order chi connectivity index (χ0) is 18.1. The predicted molar refractivity (Wildman–Crippen MR) is 70.7 cm³/mol. The van der Waals surface area contributed by atoms with Gasteiger partial charge in [0.1, 0.15) is 0 Å². The molecule has 0 fully saturated rings. The number of methoxy groups -OCH3 is 1. The second-order valence-electron chi connectivity index (χ2n) is 5.46. The first-order chi connectivity index (χ1) is 10.3. The summed E-state index contributed by atoms with van der Waals surface area (Å²) in [5.74, 6) is 0. The number of benzene rings is 1. The molecular weight excluding hydrogens is 329 g/mol. The van der Waals surface area contributed by atoms with Gasteiger partial charge < -0.3 is 4.74 Å². The molecule has 0 saturated heterocycles. The van der Waals surface area contributed by atoms with E-state index in [0.29, 0.717) is 12.0 Å². The molecule has 0 aliphatic carbocycles. The van der Waals surface area contributed by atoms with Crippen LogP contribution in [-0.4, -0.2) is 25.1 Å². The van der Waals surface area contributed by atoms with Gasteiger partial charge in [0.25, 0.3) is 0 Å². The zero-order valence-corrected chi connectivity index (χ0v) is 12.8. The molecule has 1 rings (SSSR count). The molecule has 0 bridgehead atoms. The van der Waals surface area contributed by atoms with Crippen LogP contribution in [0.15, 0.2) is 24.3 Å². The Bertz CT molecular complexity index is 521. The van der Waals surface area contributed by atoms with E-state index < -0.39 is 30.0 Å². The third kappa shape index (κ3) is 3.79. The van der Waals surface area contributed by atoms with Crippen LogP contribution in [0, 0.1) is 0 Å². The fourth-order valence-corrected chi connectivity index (χ4v) is 2.24. The first kappa shape index (κ1) is 19.7. The Kier molecular flexibility index (Phi) is 5.40. The van der Waals surface area contributed by atoms with Crippen molar-refractivity contribution < 1.29 is 35.5 Å². The monoisotopic (exact) mass is 346 g/mol. The molecule has 132 valence electrons. The number of aryl methyl sites for hydroxylation is 1. The van der Waals surface area contributed by atoms with E-state index in [1.54, 1.807) is 13.0 Å². The first-order valence-corrected chi connectivity index (χ1v) is 6.77. The highest BCUT2D eigenvalue weighted by atomic mass is 19.4. The fraction of sp³-hybridized carbons (Fsp3) is 0.600. The van der Waals surface area contributed by atoms with Gasteiger partial charge >= 0.3 is 18.0 Å². The van der Waals surface area contributed by atoms with E-state index in [-0.39, 0.29) is 5.56 Å². The molecule has 0 aromatic heterocycles. The van der Waals surface area contributed by atoms with E-state index in [2.05, 4.69) is 0 Å². The average Bonchev–Trinajstić information content (AvgIpc) is 2.44. The molecule has 23 heavy (non-hydrogen) atoms. The fourth-order valence-electron chi connectivity index (χ4n) is 2.24. The molecule has 0 aliphatic heterocycles. The molecule has 1 atom stereocenters. The summed E-state index contributed by atoms with van der Waals surface area (Å²) in [5.41, 5.74) is -6.72. The van der Waals surface area contributed by atoms with Gasteiger partial charge in [-0.3, -0.25) is 0 Å². The molecular formula is C15H17F7O. The summed E-state index contributed by atoms with van der Waals surface area (Å²) in [6.45, 7) is 2.78. The highest BCUT2D eigenvalue weighted by Crippen LogP contribution is 2.52. The minimum Gasteiger partial charge on any atom is -0.374 e. The zero-order valence-electron chi connectivity index (χ0n) is 12.8. The van der Waals surface area contributed by atoms with Crippen molar-refractivity contribution in [2.75, 3.05) is 7.11 Å². The second-order valence-corrected chi connectivity index (χ2v) is 5.46. The van der Waals surface area contributed by atoms with E-state index in [1.165, 1.54) is 18.2 Å². The van der Waals surface area contributed by atoms with Crippen LogP contribution in [0.4, 0.5) is 30.7 Å². The van der Waals surface area contributed by atoms with Crippen LogP contribution in [0.1, 0.15) is 31.4 Å². The van der Waals surface area contributed by atoms with Crippen LogP contribution in [0.2, 0.25) is 0 Å². The number of hydrogen-bond donors (Lipinski definition) is 0. The highest BCUT2D eigenvalue weighted by Gasteiger charge is 2.74. The molecule has 1 unspecified atom stereocenters. The molecule has 0 radical (unpaired) electrons. The maximum absolute atomic E-state index is 14.0. The highest BCUT2D eigenvalue weighted by molar-refractivity contribution is 5.29. The lowest BCUT2D eigenvalue weighted by Gasteiger charge is -2.38. The van der Waals surface area contributed by atoms with E-state index in [0.717, 1.165) is 14.0 Å². The van der Waals surface area contributed by atoms with Crippen molar-refractivity contribution >= 4 is 0 Å². The summed E-state index contributed by atoms with van der Waals surface area (Å²) in [7, 11) is 0.950. The SMILES string of the molecule is CCc1cccc(C(C)(CC(F)(C(F)(F)F)C(F)(F)F)OC)c1. The minimum atomic E-state index is -6.10. The van der Waals surface area contributed by atoms with Crippen LogP contribution in [0.25, 0.3) is 0 Å². The molecule has 1 nitrogen and oxygen atoms in total. The number of rotatable bonds is 5. The minimum absolute atomic E-state index is 0.0508. The van der Waals surface area contributed by atoms with Gasteiger partial charge in [-0.2, -0.15) is 26.3 Å². The van der Waals surface area contributed by atoms with Crippen LogP contribution in [0.3, 0.4) is 0 Å². The van der Waals surface area contributed by atoms with Crippen LogP contribution < -0.4 is 0 Å². The quantitative estimate of drug-likeness (QED) is 0.655. The Labute approximate surface area is 129 Å². The van der Waals surface area contributed by atoms with Crippen LogP contribution in [-0.2, 0) is 16.8 Å². The first-order valence-electron chi connectivity index (χ1n) is 6.77. The number of ether oxygens (including phenoxy) is 1. The Hall–Kier alpha value is -1.31. The maximum atomic E-state index is 14.0. The summed E-state index contributed by atoms with van der Waals surface area (Å²) in [4.78, 5) is 0. The molecule has 1 aromatic carbocycles. The third-order valence-electron chi connectivity index (χ3n) is 3.88. The molecule has 0 amide bonds. The van der Waals surface area contributed by atoms with Gasteiger partial charge in [0.2, 0.25) is 0 Å². The smallest absolute Gasteiger partial charge is 0.374 e. The topological polar surface area (TPSA) is 9.23 Å². The Morgan fingerprint density at radius 1 is 0.957 bits per heavy atom. The van der Waals surface area contributed by atoms with Crippen molar-refractivity contribution in [1.82, 2.24) is 0 Å². The van der Waals surface area contributed by atoms with E-state index in [4.69, 9.17) is 4.74 Å². The maximum Gasteiger partial charge on any atom is 0.431 e. The van der Waals surface area contributed by atoms with Gasteiger partial charge in [0, 0.05) is 13.5 Å². The van der Waals surface area contributed by atoms with Gasteiger partial charge in [-0.25, -0.2) is 4.39 Å². The van der Waals surface area contributed by atoms with Crippen molar-refractivity contribution in [1.29, 1.82) is 0 Å². The van der Waals surface area contributed by atoms with Crippen LogP contribution >= 0.6 is 0 Å². The number of alkyl halides is 7. The summed E-state index contributed by atoms with van der Waals surface area (Å²) in [6.07, 6.45) is -13.6. The molecule has 0 aliphatic rings. The van der Waals surface area contributed by atoms with Gasteiger partial charge in [0.05, 0.1) is 5.60 Å². The van der Waals surface area contributed by atoms with E-state index >= 15 is 0 Å². The molecule has 8 heteroatoms. The summed E-state index contributed by atoms with van der Waals surface area (Å²) in [6, 6.07) is 5.87.